The van der Waals surface area contributed by atoms with E-state index in [1.54, 1.807) is 16.7 Å². The number of pyridine rings is 2. The number of carbonyl (C=O) groups is 1. The summed E-state index contributed by atoms with van der Waals surface area (Å²) in [6.45, 7) is 1.85. The highest BCUT2D eigenvalue weighted by atomic mass is 35.5. The Morgan fingerprint density at radius 1 is 1.33 bits per heavy atom. The summed E-state index contributed by atoms with van der Waals surface area (Å²) in [5, 5.41) is 0.374. The van der Waals surface area contributed by atoms with Crippen LogP contribution in [0.25, 0.3) is 5.65 Å². The van der Waals surface area contributed by atoms with E-state index < -0.39 is 15.9 Å². The Hall–Kier alpha value is -2.16. The lowest BCUT2D eigenvalue weighted by atomic mass is 10.3. The zero-order chi connectivity index (χ0) is 16.6. The first-order valence-electron chi connectivity index (χ1n) is 6.49. The summed E-state index contributed by atoms with van der Waals surface area (Å²) in [7, 11) is -4.01. The second-order valence-corrected chi connectivity index (χ2v) is 6.94. The molecular formula is C14H12Cl2N4O3S. The van der Waals surface area contributed by atoms with E-state index in [4.69, 9.17) is 11.6 Å². The van der Waals surface area contributed by atoms with Crippen molar-refractivity contribution in [2.75, 3.05) is 0 Å². The van der Waals surface area contributed by atoms with E-state index in [0.29, 0.717) is 10.7 Å². The van der Waals surface area contributed by atoms with Crippen molar-refractivity contribution in [3.05, 3.63) is 59.3 Å². The molecule has 0 unspecified atom stereocenters. The molecule has 3 heterocycles. The Balaban J connectivity index is 0.00000208. The highest BCUT2D eigenvalue weighted by Gasteiger charge is 2.21. The zero-order valence-corrected chi connectivity index (χ0v) is 14.7. The third-order valence-corrected chi connectivity index (χ3v) is 4.64. The first-order valence-corrected chi connectivity index (χ1v) is 8.35. The van der Waals surface area contributed by atoms with Gasteiger partial charge in [0.2, 0.25) is 0 Å². The van der Waals surface area contributed by atoms with E-state index in [9.17, 15) is 13.2 Å². The van der Waals surface area contributed by atoms with Crippen LogP contribution in [0.3, 0.4) is 0 Å². The van der Waals surface area contributed by atoms with Crippen LogP contribution >= 0.6 is 24.0 Å². The van der Waals surface area contributed by atoms with Crippen LogP contribution < -0.4 is 4.72 Å². The summed E-state index contributed by atoms with van der Waals surface area (Å²) in [5.74, 6) is -0.841. The SMILES string of the molecule is Cc1cc(Cl)c2nc(C(=O)NS(=O)(=O)c3cccnc3)cn2c1.Cl. The first kappa shape index (κ1) is 18.2. The molecular weight excluding hydrogens is 375 g/mol. The minimum Gasteiger partial charge on any atom is -0.305 e. The van der Waals surface area contributed by atoms with E-state index in [1.807, 2.05) is 11.6 Å². The van der Waals surface area contributed by atoms with Crippen molar-refractivity contribution in [2.24, 2.45) is 0 Å². The molecule has 3 aromatic rings. The Morgan fingerprint density at radius 2 is 2.08 bits per heavy atom. The van der Waals surface area contributed by atoms with E-state index >= 15 is 0 Å². The van der Waals surface area contributed by atoms with Gasteiger partial charge >= 0.3 is 0 Å². The van der Waals surface area contributed by atoms with Gasteiger partial charge in [0.05, 0.1) is 5.02 Å². The second-order valence-electron chi connectivity index (χ2n) is 4.85. The number of imidazole rings is 1. The minimum absolute atomic E-state index is 0. The van der Waals surface area contributed by atoms with E-state index in [2.05, 4.69) is 9.97 Å². The molecule has 24 heavy (non-hydrogen) atoms. The number of nitrogens with one attached hydrogen (secondary N) is 1. The molecule has 0 aliphatic rings. The molecule has 0 saturated heterocycles. The number of carbonyl (C=O) groups excluding carboxylic acids is 1. The quantitative estimate of drug-likeness (QED) is 0.744. The Bertz CT molecular complexity index is 1000. The molecule has 0 aromatic carbocycles. The van der Waals surface area contributed by atoms with Crippen molar-refractivity contribution in [3.8, 4) is 0 Å². The number of sulfonamides is 1. The average molecular weight is 387 g/mol. The van der Waals surface area contributed by atoms with Crippen molar-refractivity contribution < 1.29 is 13.2 Å². The normalized spacial score (nSPS) is 11.1. The molecule has 10 heteroatoms. The molecule has 0 saturated carbocycles. The summed E-state index contributed by atoms with van der Waals surface area (Å²) in [6.07, 6.45) is 5.75. The van der Waals surface area contributed by atoms with Gasteiger partial charge in [-0.05, 0) is 30.7 Å². The Kier molecular flexibility index (Phi) is 5.12. The number of aryl methyl sites for hydroxylation is 1. The lowest BCUT2D eigenvalue weighted by molar-refractivity contribution is 0.0977. The highest BCUT2D eigenvalue weighted by Crippen LogP contribution is 2.19. The van der Waals surface area contributed by atoms with Crippen LogP contribution in [0.2, 0.25) is 5.02 Å². The number of fused-ring (bicyclic) bond motifs is 1. The van der Waals surface area contributed by atoms with Crippen LogP contribution in [0.4, 0.5) is 0 Å². The smallest absolute Gasteiger partial charge is 0.285 e. The van der Waals surface area contributed by atoms with Crippen LogP contribution in [0.1, 0.15) is 16.1 Å². The molecule has 0 radical (unpaired) electrons. The van der Waals surface area contributed by atoms with Crippen LogP contribution in [-0.4, -0.2) is 28.7 Å². The summed E-state index contributed by atoms with van der Waals surface area (Å²) < 4.78 is 27.8. The molecule has 126 valence electrons. The fraction of sp³-hybridized carbons (Fsp3) is 0.0714. The van der Waals surface area contributed by atoms with Gasteiger partial charge in [0.25, 0.3) is 15.9 Å². The molecule has 0 bridgehead atoms. The van der Waals surface area contributed by atoms with Gasteiger partial charge in [0.15, 0.2) is 5.65 Å². The van der Waals surface area contributed by atoms with Gasteiger partial charge in [-0.25, -0.2) is 18.1 Å². The number of hydrogen-bond acceptors (Lipinski definition) is 5. The van der Waals surface area contributed by atoms with Gasteiger partial charge in [-0.2, -0.15) is 0 Å². The third kappa shape index (κ3) is 3.50. The maximum absolute atomic E-state index is 12.2. The lowest BCUT2D eigenvalue weighted by Crippen LogP contribution is -2.30. The molecule has 0 fully saturated rings. The lowest BCUT2D eigenvalue weighted by Gasteiger charge is -2.04. The van der Waals surface area contributed by atoms with E-state index in [0.717, 1.165) is 11.8 Å². The van der Waals surface area contributed by atoms with Crippen molar-refractivity contribution in [2.45, 2.75) is 11.8 Å². The summed E-state index contributed by atoms with van der Waals surface area (Å²) >= 11 is 6.07. The highest BCUT2D eigenvalue weighted by molar-refractivity contribution is 7.90. The third-order valence-electron chi connectivity index (χ3n) is 3.05. The monoisotopic (exact) mass is 386 g/mol. The number of rotatable bonds is 3. The predicted molar refractivity (Wildman–Crippen MR) is 91.1 cm³/mol. The summed E-state index contributed by atoms with van der Waals surface area (Å²) in [4.78, 5) is 19.9. The largest absolute Gasteiger partial charge is 0.305 e. The van der Waals surface area contributed by atoms with Crippen LogP contribution in [0, 0.1) is 6.92 Å². The predicted octanol–water partition coefficient (Wildman–Crippen LogP) is 2.23. The van der Waals surface area contributed by atoms with Gasteiger partial charge in [-0.3, -0.25) is 9.78 Å². The Morgan fingerprint density at radius 3 is 2.75 bits per heavy atom. The van der Waals surface area contributed by atoms with E-state index in [1.165, 1.54) is 24.5 Å². The average Bonchev–Trinajstić information content (AvgIpc) is 2.92. The molecule has 0 atom stereocenters. The number of halogens is 2. The van der Waals surface area contributed by atoms with Crippen molar-refractivity contribution in [1.29, 1.82) is 0 Å². The minimum atomic E-state index is -4.01. The first-order chi connectivity index (χ1) is 10.9. The van der Waals surface area contributed by atoms with Crippen molar-refractivity contribution in [1.82, 2.24) is 19.1 Å². The van der Waals surface area contributed by atoms with Crippen LogP contribution in [-0.2, 0) is 10.0 Å². The number of aromatic nitrogens is 3. The standard InChI is InChI=1S/C14H11ClN4O3S.ClH/c1-9-5-11(15)13-17-12(8-19(13)7-9)14(20)18-23(21,22)10-3-2-4-16-6-10;/h2-8H,1H3,(H,18,20);1H. The number of nitrogens with zero attached hydrogens (tertiary/aromatic N) is 3. The second kappa shape index (κ2) is 6.76. The molecule has 1 N–H and O–H groups in total. The van der Waals surface area contributed by atoms with Gasteiger partial charge < -0.3 is 4.40 Å². The van der Waals surface area contributed by atoms with Gasteiger partial charge in [-0.1, -0.05) is 11.6 Å². The number of amides is 1. The van der Waals surface area contributed by atoms with Crippen molar-refractivity contribution in [3.63, 3.8) is 0 Å². The molecule has 3 rings (SSSR count). The van der Waals surface area contributed by atoms with Gasteiger partial charge in [-0.15, -0.1) is 12.4 Å². The Labute approximate surface area is 149 Å². The maximum Gasteiger partial charge on any atom is 0.285 e. The molecule has 1 amide bonds. The molecule has 3 aromatic heterocycles. The topological polar surface area (TPSA) is 93.4 Å². The number of hydrogen-bond donors (Lipinski definition) is 1. The van der Waals surface area contributed by atoms with Crippen LogP contribution in [0.15, 0.2) is 47.9 Å². The fourth-order valence-corrected chi connectivity index (χ4v) is 3.27. The van der Waals surface area contributed by atoms with E-state index in [-0.39, 0.29) is 23.0 Å². The summed E-state index contributed by atoms with van der Waals surface area (Å²) in [6, 6.07) is 4.51. The van der Waals surface area contributed by atoms with Crippen molar-refractivity contribution >= 4 is 45.6 Å². The zero-order valence-electron chi connectivity index (χ0n) is 12.3. The molecule has 0 aliphatic carbocycles. The summed E-state index contributed by atoms with van der Waals surface area (Å²) in [5.41, 5.74) is 1.21. The molecule has 0 aliphatic heterocycles. The molecule has 7 nitrogen and oxygen atoms in total. The van der Waals surface area contributed by atoms with Gasteiger partial charge in [0, 0.05) is 24.8 Å². The fourth-order valence-electron chi connectivity index (χ4n) is 2.04. The van der Waals surface area contributed by atoms with Crippen LogP contribution in [0.5, 0.6) is 0 Å². The van der Waals surface area contributed by atoms with Gasteiger partial charge in [0.1, 0.15) is 10.6 Å². The molecule has 0 spiro atoms. The maximum atomic E-state index is 12.2.